The van der Waals surface area contributed by atoms with Gasteiger partial charge in [-0.2, -0.15) is 13.2 Å². The number of alkyl halides is 3. The first-order valence-electron chi connectivity index (χ1n) is 12.0. The minimum absolute atomic E-state index is 0.0311. The molecule has 1 N–H and O–H groups in total. The predicted molar refractivity (Wildman–Crippen MR) is 146 cm³/mol. The maximum absolute atomic E-state index is 13.5. The number of methoxy groups -OCH3 is 1. The van der Waals surface area contributed by atoms with Gasteiger partial charge in [0.05, 0.1) is 40.7 Å². The third-order valence-electron chi connectivity index (χ3n) is 6.68. The quantitative estimate of drug-likeness (QED) is 0.303. The molecule has 40 heavy (non-hydrogen) atoms. The molecule has 5 aromatic rings. The van der Waals surface area contributed by atoms with E-state index in [2.05, 4.69) is 4.99 Å². The van der Waals surface area contributed by atoms with Crippen LogP contribution in [0, 0.1) is 6.92 Å². The Morgan fingerprint density at radius 1 is 0.900 bits per heavy atom. The molecule has 204 valence electrons. The first-order chi connectivity index (χ1) is 19.0. The highest BCUT2D eigenvalue weighted by molar-refractivity contribution is 6.02. The molecule has 2 heterocycles. The fraction of sp³-hybridized carbons (Fsp3) is 0.138. The molecule has 5 rings (SSSR count). The summed E-state index contributed by atoms with van der Waals surface area (Å²) in [5.74, 6) is -0.305. The van der Waals surface area contributed by atoms with Crippen LogP contribution < -0.4 is 15.9 Å². The molecule has 0 fully saturated rings. The lowest BCUT2D eigenvalue weighted by Crippen LogP contribution is -2.21. The van der Waals surface area contributed by atoms with Crippen molar-refractivity contribution >= 4 is 22.7 Å². The van der Waals surface area contributed by atoms with Gasteiger partial charge >= 0.3 is 6.18 Å². The highest BCUT2D eigenvalue weighted by Gasteiger charge is 2.31. The van der Waals surface area contributed by atoms with Crippen LogP contribution >= 0.6 is 0 Å². The average Bonchev–Trinajstić information content (AvgIpc) is 3.15. The summed E-state index contributed by atoms with van der Waals surface area (Å²) < 4.78 is 49.4. The van der Waals surface area contributed by atoms with E-state index in [4.69, 9.17) is 4.74 Å². The van der Waals surface area contributed by atoms with Gasteiger partial charge in [-0.25, -0.2) is 14.2 Å². The molecule has 0 aliphatic heterocycles. The Kier molecular flexibility index (Phi) is 6.58. The number of benzene rings is 3. The van der Waals surface area contributed by atoms with E-state index in [-0.39, 0.29) is 27.7 Å². The first kappa shape index (κ1) is 26.5. The van der Waals surface area contributed by atoms with Crippen molar-refractivity contribution in [2.24, 2.45) is 12.0 Å². The Hall–Kier alpha value is -5.06. The van der Waals surface area contributed by atoms with Crippen molar-refractivity contribution in [2.75, 3.05) is 7.11 Å². The number of para-hydroxylation sites is 1. The van der Waals surface area contributed by atoms with Gasteiger partial charge in [0.1, 0.15) is 5.75 Å². The molecule has 0 aliphatic carbocycles. The molecule has 0 saturated carbocycles. The van der Waals surface area contributed by atoms with Gasteiger partial charge in [-0.1, -0.05) is 24.3 Å². The number of rotatable bonds is 5. The summed E-state index contributed by atoms with van der Waals surface area (Å²) in [4.78, 5) is 31.2. The standard InChI is InChI=1S/C29H23F3N4O4/c1-17-25(28(39)36(34(17)2)19-9-5-4-6-10-19)33-16-24-22-13-12-21(40-3)15-23(22)26(37)35(27(24)38)20-11-7-8-18(14-20)29(30,31)32/h4-16,38H,1-3H3. The number of aromatic hydroxyl groups is 1. The third-order valence-corrected chi connectivity index (χ3v) is 6.68. The number of aliphatic imine (C=N–C) groups is 1. The van der Waals surface area contributed by atoms with Gasteiger partial charge < -0.3 is 9.84 Å². The van der Waals surface area contributed by atoms with E-state index in [1.807, 2.05) is 6.07 Å². The maximum Gasteiger partial charge on any atom is 0.416 e. The van der Waals surface area contributed by atoms with E-state index in [0.717, 1.165) is 22.8 Å². The molecule has 0 spiro atoms. The smallest absolute Gasteiger partial charge is 0.416 e. The fourth-order valence-electron chi connectivity index (χ4n) is 4.54. The zero-order valence-corrected chi connectivity index (χ0v) is 21.6. The van der Waals surface area contributed by atoms with Gasteiger partial charge in [0.15, 0.2) is 5.69 Å². The molecule has 0 amide bonds. The summed E-state index contributed by atoms with van der Waals surface area (Å²) >= 11 is 0. The number of nitrogens with zero attached hydrogens (tertiary/aromatic N) is 4. The van der Waals surface area contributed by atoms with Crippen LogP contribution in [0.4, 0.5) is 18.9 Å². The lowest BCUT2D eigenvalue weighted by Gasteiger charge is -2.15. The van der Waals surface area contributed by atoms with Crippen LogP contribution in [0.25, 0.3) is 22.1 Å². The summed E-state index contributed by atoms with van der Waals surface area (Å²) in [5, 5.41) is 11.6. The van der Waals surface area contributed by atoms with Gasteiger partial charge in [-0.05, 0) is 55.5 Å². The molecule has 0 atom stereocenters. The zero-order chi connectivity index (χ0) is 28.8. The Morgan fingerprint density at radius 2 is 1.60 bits per heavy atom. The summed E-state index contributed by atoms with van der Waals surface area (Å²) in [6.45, 7) is 1.71. The molecule has 2 aromatic heterocycles. The third kappa shape index (κ3) is 4.45. The van der Waals surface area contributed by atoms with Crippen LogP contribution in [0.2, 0.25) is 0 Å². The molecule has 0 saturated heterocycles. The van der Waals surface area contributed by atoms with Crippen molar-refractivity contribution in [1.82, 2.24) is 13.9 Å². The molecule has 11 heteroatoms. The Balaban J connectivity index is 1.76. The highest BCUT2D eigenvalue weighted by Crippen LogP contribution is 2.33. The van der Waals surface area contributed by atoms with Crippen molar-refractivity contribution in [1.29, 1.82) is 0 Å². The minimum atomic E-state index is -4.66. The lowest BCUT2D eigenvalue weighted by atomic mass is 10.1. The topological polar surface area (TPSA) is 90.8 Å². The molecule has 0 unspecified atom stereocenters. The molecule has 0 aliphatic rings. The van der Waals surface area contributed by atoms with Crippen molar-refractivity contribution in [3.63, 3.8) is 0 Å². The Bertz CT molecular complexity index is 1900. The van der Waals surface area contributed by atoms with Crippen molar-refractivity contribution in [3.05, 3.63) is 110 Å². The van der Waals surface area contributed by atoms with Crippen LogP contribution in [0.15, 0.2) is 87.4 Å². The van der Waals surface area contributed by atoms with Crippen molar-refractivity contribution < 1.29 is 23.0 Å². The van der Waals surface area contributed by atoms with E-state index < -0.39 is 28.7 Å². The van der Waals surface area contributed by atoms with Crippen molar-refractivity contribution in [3.8, 4) is 23.0 Å². The second kappa shape index (κ2) is 9.92. The fourth-order valence-corrected chi connectivity index (χ4v) is 4.54. The van der Waals surface area contributed by atoms with Gasteiger partial charge in [0.2, 0.25) is 5.88 Å². The van der Waals surface area contributed by atoms with Crippen LogP contribution in [-0.2, 0) is 13.2 Å². The number of halogens is 3. The van der Waals surface area contributed by atoms with E-state index in [9.17, 15) is 27.9 Å². The monoisotopic (exact) mass is 548 g/mol. The van der Waals surface area contributed by atoms with E-state index in [0.29, 0.717) is 17.1 Å². The second-order valence-electron chi connectivity index (χ2n) is 9.01. The maximum atomic E-state index is 13.5. The largest absolute Gasteiger partial charge is 0.497 e. The van der Waals surface area contributed by atoms with Gasteiger partial charge in [-0.3, -0.25) is 14.3 Å². The second-order valence-corrected chi connectivity index (χ2v) is 9.01. The predicted octanol–water partition coefficient (Wildman–Crippen LogP) is 5.27. The van der Waals surface area contributed by atoms with Gasteiger partial charge in [0, 0.05) is 18.6 Å². The van der Waals surface area contributed by atoms with Crippen LogP contribution in [0.1, 0.15) is 16.8 Å². The molecular weight excluding hydrogens is 525 g/mol. The Morgan fingerprint density at radius 3 is 2.27 bits per heavy atom. The average molecular weight is 549 g/mol. The molecule has 3 aromatic carbocycles. The Labute approximate surface area is 225 Å². The van der Waals surface area contributed by atoms with E-state index >= 15 is 0 Å². The number of hydrogen-bond acceptors (Lipinski definition) is 5. The van der Waals surface area contributed by atoms with E-state index in [1.165, 1.54) is 36.2 Å². The normalized spacial score (nSPS) is 11.9. The van der Waals surface area contributed by atoms with Crippen LogP contribution in [0.3, 0.4) is 0 Å². The number of aromatic nitrogens is 3. The van der Waals surface area contributed by atoms with Crippen LogP contribution in [0.5, 0.6) is 11.6 Å². The molecule has 0 bridgehead atoms. The van der Waals surface area contributed by atoms with Gasteiger partial charge in [0.25, 0.3) is 11.1 Å². The van der Waals surface area contributed by atoms with E-state index in [1.54, 1.807) is 49.0 Å². The summed E-state index contributed by atoms with van der Waals surface area (Å²) in [7, 11) is 3.11. The number of hydrogen-bond donors (Lipinski definition) is 1. The lowest BCUT2D eigenvalue weighted by molar-refractivity contribution is -0.137. The van der Waals surface area contributed by atoms with Crippen LogP contribution in [-0.4, -0.2) is 32.4 Å². The number of ether oxygens (including phenoxy) is 1. The number of pyridine rings is 1. The van der Waals surface area contributed by atoms with Gasteiger partial charge in [-0.15, -0.1) is 0 Å². The summed E-state index contributed by atoms with van der Waals surface area (Å²) in [6, 6.07) is 17.6. The molecule has 0 radical (unpaired) electrons. The summed E-state index contributed by atoms with van der Waals surface area (Å²) in [6.07, 6.45) is -3.43. The molecule has 8 nitrogen and oxygen atoms in total. The van der Waals surface area contributed by atoms with Crippen molar-refractivity contribution in [2.45, 2.75) is 13.1 Å². The first-order valence-corrected chi connectivity index (χ1v) is 12.0. The summed E-state index contributed by atoms with van der Waals surface area (Å²) in [5.41, 5.74) is -1.09. The molecular formula is C29H23F3N4O4. The highest BCUT2D eigenvalue weighted by atomic mass is 19.4. The minimum Gasteiger partial charge on any atom is -0.497 e. The number of fused-ring (bicyclic) bond motifs is 1. The SMILES string of the molecule is COc1ccc2c(C=Nc3c(C)n(C)n(-c4ccccc4)c3=O)c(O)n(-c3cccc(C(F)(F)F)c3)c(=O)c2c1. The zero-order valence-electron chi connectivity index (χ0n) is 21.6.